The number of benzene rings is 3. The van der Waals surface area contributed by atoms with E-state index in [2.05, 4.69) is 34.9 Å². The zero-order valence-corrected chi connectivity index (χ0v) is 19.0. The summed E-state index contributed by atoms with van der Waals surface area (Å²) in [5.41, 5.74) is 3.38. The van der Waals surface area contributed by atoms with Gasteiger partial charge in [-0.25, -0.2) is 4.79 Å². The van der Waals surface area contributed by atoms with Crippen molar-refractivity contribution in [1.82, 2.24) is 5.32 Å². The van der Waals surface area contributed by atoms with E-state index in [4.69, 9.17) is 5.11 Å². The zero-order valence-electron chi connectivity index (χ0n) is 18.2. The van der Waals surface area contributed by atoms with Crippen molar-refractivity contribution in [2.24, 2.45) is 0 Å². The van der Waals surface area contributed by atoms with Gasteiger partial charge in [0.05, 0.1) is 17.5 Å². The second-order valence-corrected chi connectivity index (χ2v) is 8.83. The second-order valence-electron chi connectivity index (χ2n) is 7.72. The maximum Gasteiger partial charge on any atom is 0.409 e. The number of aliphatic hydroxyl groups is 1. The van der Waals surface area contributed by atoms with Gasteiger partial charge < -0.3 is 15.5 Å². The molecule has 2 amide bonds. The molecule has 4 aromatic rings. The number of thiophene rings is 1. The minimum atomic E-state index is -1.16. The van der Waals surface area contributed by atoms with E-state index >= 15 is 0 Å². The smallest absolute Gasteiger partial charge is 0.409 e. The molecular formula is C27H24N2O4S. The molecule has 6 nitrogen and oxygen atoms in total. The van der Waals surface area contributed by atoms with Crippen molar-refractivity contribution >= 4 is 29.0 Å². The lowest BCUT2D eigenvalue weighted by atomic mass is 9.90. The zero-order chi connectivity index (χ0) is 23.9. The van der Waals surface area contributed by atoms with Gasteiger partial charge in [0, 0.05) is 16.5 Å². The van der Waals surface area contributed by atoms with Gasteiger partial charge in [-0.1, -0.05) is 72.8 Å². The lowest BCUT2D eigenvalue weighted by molar-refractivity contribution is 0.0920. The first kappa shape index (κ1) is 23.2. The highest BCUT2D eigenvalue weighted by Gasteiger charge is 2.22. The Morgan fingerprint density at radius 2 is 1.35 bits per heavy atom. The molecule has 0 bridgehead atoms. The first-order valence-electron chi connectivity index (χ1n) is 10.8. The first-order chi connectivity index (χ1) is 16.5. The quantitative estimate of drug-likeness (QED) is 0.273. The number of hydrogen-bond acceptors (Lipinski definition) is 4. The Bertz CT molecular complexity index is 1200. The third-order valence-corrected chi connectivity index (χ3v) is 6.60. The molecule has 7 heteroatoms. The molecule has 4 rings (SSSR count). The van der Waals surface area contributed by atoms with E-state index in [1.165, 1.54) is 11.3 Å². The number of rotatable bonds is 8. The van der Waals surface area contributed by atoms with E-state index in [-0.39, 0.29) is 18.4 Å². The maximum atomic E-state index is 13.0. The van der Waals surface area contributed by atoms with Crippen LogP contribution in [0.15, 0.2) is 97.1 Å². The van der Waals surface area contributed by atoms with Gasteiger partial charge in [-0.15, -0.1) is 11.3 Å². The van der Waals surface area contributed by atoms with Gasteiger partial charge in [0.25, 0.3) is 5.91 Å². The van der Waals surface area contributed by atoms with Crippen LogP contribution in [0, 0.1) is 0 Å². The third-order valence-electron chi connectivity index (χ3n) is 5.45. The highest BCUT2D eigenvalue weighted by molar-refractivity contribution is 7.14. The number of carbonyl (C=O) groups excluding carboxylic acids is 1. The predicted octanol–water partition coefficient (Wildman–Crippen LogP) is 5.48. The summed E-state index contributed by atoms with van der Waals surface area (Å²) in [4.78, 5) is 25.4. The molecule has 3 aromatic carbocycles. The van der Waals surface area contributed by atoms with Crippen LogP contribution < -0.4 is 10.6 Å². The SMILES string of the molecule is O=C(O)Nc1ccc([C@@H](CO)NC(=O)c2ccc(C(c3ccccc3)c3ccccc3)s2)cc1. The van der Waals surface area contributed by atoms with Gasteiger partial charge >= 0.3 is 6.09 Å². The summed E-state index contributed by atoms with van der Waals surface area (Å²) in [6.07, 6.45) is -1.16. The van der Waals surface area contributed by atoms with E-state index in [1.54, 1.807) is 24.3 Å². The highest BCUT2D eigenvalue weighted by atomic mass is 32.1. The molecular weight excluding hydrogens is 448 g/mol. The summed E-state index contributed by atoms with van der Waals surface area (Å²) >= 11 is 1.43. The second kappa shape index (κ2) is 10.8. The number of carbonyl (C=O) groups is 2. The van der Waals surface area contributed by atoms with Crippen LogP contribution in [-0.2, 0) is 0 Å². The van der Waals surface area contributed by atoms with Gasteiger partial charge in [-0.05, 0) is 41.0 Å². The van der Waals surface area contributed by atoms with Crippen LogP contribution in [0.3, 0.4) is 0 Å². The van der Waals surface area contributed by atoms with Crippen molar-refractivity contribution in [3.63, 3.8) is 0 Å². The third kappa shape index (κ3) is 5.51. The normalized spacial score (nSPS) is 11.7. The Labute approximate surface area is 201 Å². The van der Waals surface area contributed by atoms with Crippen LogP contribution in [0.4, 0.5) is 10.5 Å². The molecule has 172 valence electrons. The molecule has 4 N–H and O–H groups in total. The number of nitrogens with one attached hydrogen (secondary N) is 2. The fourth-order valence-electron chi connectivity index (χ4n) is 3.83. The van der Waals surface area contributed by atoms with E-state index in [1.807, 2.05) is 48.5 Å². The van der Waals surface area contributed by atoms with Gasteiger partial charge in [0.2, 0.25) is 0 Å². The average Bonchev–Trinajstić information content (AvgIpc) is 3.34. The van der Waals surface area contributed by atoms with Crippen molar-refractivity contribution in [1.29, 1.82) is 0 Å². The Hall–Kier alpha value is -3.94. The van der Waals surface area contributed by atoms with Crippen molar-refractivity contribution in [3.05, 3.63) is 124 Å². The highest BCUT2D eigenvalue weighted by Crippen LogP contribution is 2.36. The van der Waals surface area contributed by atoms with Crippen LogP contribution in [-0.4, -0.2) is 28.8 Å². The molecule has 0 unspecified atom stereocenters. The minimum absolute atomic E-state index is 0.0110. The Kier molecular flexibility index (Phi) is 7.37. The van der Waals surface area contributed by atoms with Crippen molar-refractivity contribution in [2.45, 2.75) is 12.0 Å². The number of hydrogen-bond donors (Lipinski definition) is 4. The van der Waals surface area contributed by atoms with E-state index in [9.17, 15) is 14.7 Å². The molecule has 0 radical (unpaired) electrons. The summed E-state index contributed by atoms with van der Waals surface area (Å²) in [5.74, 6) is -0.264. The number of carboxylic acid groups (broad SMARTS) is 1. The van der Waals surface area contributed by atoms with Crippen molar-refractivity contribution in [3.8, 4) is 0 Å². The number of aliphatic hydroxyl groups excluding tert-OH is 1. The van der Waals surface area contributed by atoms with Crippen molar-refractivity contribution in [2.75, 3.05) is 11.9 Å². The van der Waals surface area contributed by atoms with Crippen LogP contribution in [0.5, 0.6) is 0 Å². The lowest BCUT2D eigenvalue weighted by Gasteiger charge is -2.17. The summed E-state index contributed by atoms with van der Waals surface area (Å²) in [6, 6.07) is 30.0. The van der Waals surface area contributed by atoms with Gasteiger partial charge in [0.1, 0.15) is 0 Å². The molecule has 0 saturated carbocycles. The minimum Gasteiger partial charge on any atom is -0.465 e. The maximum absolute atomic E-state index is 13.0. The molecule has 34 heavy (non-hydrogen) atoms. The standard InChI is InChI=1S/C27H24N2O4S/c30-17-22(18-11-13-21(14-12-18)28-27(32)33)29-26(31)24-16-15-23(34-24)25(19-7-3-1-4-8-19)20-9-5-2-6-10-20/h1-16,22,25,28,30H,17H2,(H,29,31)(H,32,33)/t22-/m1/s1. The Morgan fingerprint density at radius 3 is 1.88 bits per heavy atom. The lowest BCUT2D eigenvalue weighted by Crippen LogP contribution is -2.30. The Balaban J connectivity index is 1.54. The monoisotopic (exact) mass is 472 g/mol. The molecule has 0 aliphatic rings. The van der Waals surface area contributed by atoms with E-state index < -0.39 is 12.1 Å². The van der Waals surface area contributed by atoms with Crippen LogP contribution in [0.1, 0.15) is 43.2 Å². The molecule has 0 aliphatic carbocycles. The van der Waals surface area contributed by atoms with Crippen LogP contribution in [0.2, 0.25) is 0 Å². The van der Waals surface area contributed by atoms with E-state index in [0.29, 0.717) is 16.1 Å². The van der Waals surface area contributed by atoms with Crippen LogP contribution in [0.25, 0.3) is 0 Å². The summed E-state index contributed by atoms with van der Waals surface area (Å²) in [6.45, 7) is -0.285. The van der Waals surface area contributed by atoms with Gasteiger partial charge in [-0.3, -0.25) is 10.1 Å². The van der Waals surface area contributed by atoms with Crippen molar-refractivity contribution < 1.29 is 19.8 Å². The summed E-state index contributed by atoms with van der Waals surface area (Å²) in [7, 11) is 0. The van der Waals surface area contributed by atoms with Gasteiger partial charge in [-0.2, -0.15) is 0 Å². The molecule has 0 aliphatic heterocycles. The fraction of sp³-hybridized carbons (Fsp3) is 0.111. The first-order valence-corrected chi connectivity index (χ1v) is 11.6. The summed E-state index contributed by atoms with van der Waals surface area (Å²) < 4.78 is 0. The molecule has 1 heterocycles. The number of amides is 2. The molecule has 1 atom stereocenters. The van der Waals surface area contributed by atoms with Crippen LogP contribution >= 0.6 is 11.3 Å². The fourth-order valence-corrected chi connectivity index (χ4v) is 4.90. The van der Waals surface area contributed by atoms with E-state index in [0.717, 1.165) is 16.0 Å². The molecule has 0 saturated heterocycles. The number of anilines is 1. The molecule has 0 spiro atoms. The Morgan fingerprint density at radius 1 is 0.765 bits per heavy atom. The van der Waals surface area contributed by atoms with Gasteiger partial charge in [0.15, 0.2) is 0 Å². The largest absolute Gasteiger partial charge is 0.465 e. The predicted molar refractivity (Wildman–Crippen MR) is 134 cm³/mol. The topological polar surface area (TPSA) is 98.7 Å². The average molecular weight is 473 g/mol. The molecule has 1 aromatic heterocycles. The molecule has 0 fully saturated rings. The summed E-state index contributed by atoms with van der Waals surface area (Å²) in [5, 5.41) is 23.8.